The van der Waals surface area contributed by atoms with Crippen molar-refractivity contribution in [3.05, 3.63) is 11.4 Å². The van der Waals surface area contributed by atoms with Crippen LogP contribution in [-0.2, 0) is 20.8 Å². The average Bonchev–Trinajstić information content (AvgIpc) is 3.14. The summed E-state index contributed by atoms with van der Waals surface area (Å²) in [5.74, 6) is 0.939. The third kappa shape index (κ3) is 3.14. The Morgan fingerprint density at radius 3 is 2.63 bits per heavy atom. The van der Waals surface area contributed by atoms with E-state index in [2.05, 4.69) is 9.56 Å². The molecular weight excluding hydrogens is 350 g/mol. The van der Waals surface area contributed by atoms with Gasteiger partial charge in [-0.3, -0.25) is 14.6 Å². The first-order valence-corrected chi connectivity index (χ1v) is 9.29. The monoisotopic (exact) mass is 378 g/mol. The van der Waals surface area contributed by atoms with Gasteiger partial charge in [0.15, 0.2) is 0 Å². The van der Waals surface area contributed by atoms with Gasteiger partial charge in [0.25, 0.3) is 5.91 Å². The van der Waals surface area contributed by atoms with E-state index in [9.17, 15) is 9.59 Å². The van der Waals surface area contributed by atoms with Gasteiger partial charge in [0.2, 0.25) is 11.9 Å². The summed E-state index contributed by atoms with van der Waals surface area (Å²) in [4.78, 5) is 33.2. The van der Waals surface area contributed by atoms with Crippen molar-refractivity contribution < 1.29 is 23.6 Å². The molecule has 3 heterocycles. The maximum absolute atomic E-state index is 13.1. The number of hydrogen-bond donors (Lipinski definition) is 0. The number of aromatic nitrogens is 2. The Balaban J connectivity index is 1.96. The molecular formula is C18H28N5O4+. The Labute approximate surface area is 159 Å². The molecule has 0 spiro atoms. The SMILES string of the molecule is CCOCCN1C(=O)C2C(=Nc3n2c(C)c(C)[n+]3CCCOC)N(C)C1=O. The average molecular weight is 378 g/mol. The molecule has 9 heteroatoms. The smallest absolute Gasteiger partial charge is 0.385 e. The van der Waals surface area contributed by atoms with Crippen LogP contribution < -0.4 is 4.57 Å². The van der Waals surface area contributed by atoms with Crippen LogP contribution >= 0.6 is 0 Å². The Morgan fingerprint density at radius 1 is 1.22 bits per heavy atom. The largest absolute Gasteiger partial charge is 0.402 e. The lowest BCUT2D eigenvalue weighted by Gasteiger charge is -2.33. The molecule has 2 aliphatic rings. The number of amidine groups is 1. The van der Waals surface area contributed by atoms with Gasteiger partial charge in [-0.25, -0.2) is 13.9 Å². The Kier molecular flexibility index (Phi) is 5.61. The van der Waals surface area contributed by atoms with Crippen molar-refractivity contribution in [3.63, 3.8) is 0 Å². The number of rotatable bonds is 8. The molecule has 3 amide bonds. The molecule has 2 aliphatic heterocycles. The van der Waals surface area contributed by atoms with Crippen LogP contribution in [0.2, 0.25) is 0 Å². The zero-order chi connectivity index (χ0) is 19.7. The number of likely N-dealkylation sites (N-methyl/N-ethyl adjacent to an activating group) is 1. The van der Waals surface area contributed by atoms with Crippen molar-refractivity contribution in [1.82, 2.24) is 14.4 Å². The fourth-order valence-electron chi connectivity index (χ4n) is 3.64. The third-order valence-corrected chi connectivity index (χ3v) is 5.22. The first-order chi connectivity index (χ1) is 12.9. The van der Waals surface area contributed by atoms with Gasteiger partial charge in [-0.15, -0.1) is 0 Å². The lowest BCUT2D eigenvalue weighted by atomic mass is 10.1. The second kappa shape index (κ2) is 7.77. The second-order valence-corrected chi connectivity index (χ2v) is 6.74. The summed E-state index contributed by atoms with van der Waals surface area (Å²) in [6.07, 6.45) is 0.844. The Hall–Kier alpha value is -2.26. The normalized spacial score (nSPS) is 18.9. The predicted molar refractivity (Wildman–Crippen MR) is 98.1 cm³/mol. The number of urea groups is 1. The quantitative estimate of drug-likeness (QED) is 0.498. The molecule has 148 valence electrons. The van der Waals surface area contributed by atoms with E-state index in [1.165, 1.54) is 9.80 Å². The minimum Gasteiger partial charge on any atom is -0.385 e. The number of imide groups is 1. The maximum atomic E-state index is 13.1. The molecule has 0 saturated carbocycles. The zero-order valence-electron chi connectivity index (χ0n) is 16.7. The van der Waals surface area contributed by atoms with E-state index in [-0.39, 0.29) is 18.5 Å². The van der Waals surface area contributed by atoms with Crippen LogP contribution in [0.25, 0.3) is 0 Å². The van der Waals surface area contributed by atoms with E-state index in [0.29, 0.717) is 31.6 Å². The third-order valence-electron chi connectivity index (χ3n) is 5.22. The van der Waals surface area contributed by atoms with Crippen molar-refractivity contribution >= 4 is 23.7 Å². The number of fused-ring (bicyclic) bond motifs is 3. The van der Waals surface area contributed by atoms with Gasteiger partial charge in [0.05, 0.1) is 19.7 Å². The molecule has 0 aliphatic carbocycles. The zero-order valence-corrected chi connectivity index (χ0v) is 16.7. The first kappa shape index (κ1) is 19.5. The molecule has 1 aromatic heterocycles. The molecule has 1 saturated heterocycles. The van der Waals surface area contributed by atoms with Crippen LogP contribution in [0.15, 0.2) is 4.99 Å². The molecule has 1 atom stereocenters. The van der Waals surface area contributed by atoms with E-state index in [4.69, 9.17) is 9.47 Å². The first-order valence-electron chi connectivity index (χ1n) is 9.29. The van der Waals surface area contributed by atoms with Crippen LogP contribution in [-0.4, -0.2) is 72.7 Å². The fraction of sp³-hybridized carbons (Fsp3) is 0.667. The summed E-state index contributed by atoms with van der Waals surface area (Å²) in [5.41, 5.74) is 2.05. The molecule has 3 rings (SSSR count). The second-order valence-electron chi connectivity index (χ2n) is 6.74. The van der Waals surface area contributed by atoms with Crippen molar-refractivity contribution in [2.75, 3.05) is 40.5 Å². The van der Waals surface area contributed by atoms with E-state index in [0.717, 1.165) is 24.4 Å². The van der Waals surface area contributed by atoms with Crippen LogP contribution in [0.5, 0.6) is 0 Å². The van der Waals surface area contributed by atoms with Gasteiger partial charge in [-0.1, -0.05) is 4.99 Å². The number of aliphatic imine (C=N–C) groups is 1. The van der Waals surface area contributed by atoms with Crippen molar-refractivity contribution in [2.24, 2.45) is 4.99 Å². The van der Waals surface area contributed by atoms with Crippen LogP contribution in [0.3, 0.4) is 0 Å². The molecule has 9 nitrogen and oxygen atoms in total. The number of hydrogen-bond acceptors (Lipinski definition) is 5. The number of carbonyl (C=O) groups is 2. The lowest BCUT2D eigenvalue weighted by Crippen LogP contribution is -2.58. The minimum atomic E-state index is -0.605. The summed E-state index contributed by atoms with van der Waals surface area (Å²) >= 11 is 0. The van der Waals surface area contributed by atoms with Gasteiger partial charge >= 0.3 is 12.0 Å². The highest BCUT2D eigenvalue weighted by molar-refractivity contribution is 6.20. The van der Waals surface area contributed by atoms with Crippen LogP contribution in [0.4, 0.5) is 10.7 Å². The van der Waals surface area contributed by atoms with Gasteiger partial charge in [-0.05, 0) is 20.8 Å². The lowest BCUT2D eigenvalue weighted by molar-refractivity contribution is -0.689. The summed E-state index contributed by atoms with van der Waals surface area (Å²) < 4.78 is 14.5. The summed E-state index contributed by atoms with van der Waals surface area (Å²) in [7, 11) is 3.34. The summed E-state index contributed by atoms with van der Waals surface area (Å²) in [6.45, 7) is 8.40. The van der Waals surface area contributed by atoms with Gasteiger partial charge in [-0.2, -0.15) is 0 Å². The van der Waals surface area contributed by atoms with Crippen LogP contribution in [0.1, 0.15) is 30.8 Å². The van der Waals surface area contributed by atoms with E-state index in [1.54, 1.807) is 14.2 Å². The molecule has 1 aromatic rings. The number of amides is 3. The number of carbonyl (C=O) groups excluding carboxylic acids is 2. The topological polar surface area (TPSA) is 80.2 Å². The highest BCUT2D eigenvalue weighted by Crippen LogP contribution is 2.35. The Bertz CT molecular complexity index is 785. The molecule has 1 fully saturated rings. The van der Waals surface area contributed by atoms with Crippen molar-refractivity contribution in [1.29, 1.82) is 0 Å². The number of methoxy groups -OCH3 is 1. The molecule has 0 bridgehead atoms. The molecule has 27 heavy (non-hydrogen) atoms. The Morgan fingerprint density at radius 2 is 1.96 bits per heavy atom. The molecule has 1 unspecified atom stereocenters. The highest BCUT2D eigenvalue weighted by Gasteiger charge is 2.53. The fourth-order valence-corrected chi connectivity index (χ4v) is 3.64. The van der Waals surface area contributed by atoms with E-state index < -0.39 is 6.04 Å². The van der Waals surface area contributed by atoms with Crippen LogP contribution in [0, 0.1) is 13.8 Å². The van der Waals surface area contributed by atoms with Gasteiger partial charge in [0, 0.05) is 33.8 Å². The standard InChI is InChI=1S/C18H28N5O4/c1-6-27-11-9-22-16(24)14-15(20(4)18(22)25)19-17-21(8-7-10-26-5)12(2)13(3)23(14)17/h14H,6-11H2,1-5H3/q+1. The van der Waals surface area contributed by atoms with E-state index in [1.807, 2.05) is 25.3 Å². The predicted octanol–water partition coefficient (Wildman–Crippen LogP) is 0.944. The molecule has 0 N–H and O–H groups in total. The van der Waals surface area contributed by atoms with Crippen molar-refractivity contribution in [2.45, 2.75) is 39.8 Å². The minimum absolute atomic E-state index is 0.238. The number of imidazole rings is 1. The molecule has 0 radical (unpaired) electrons. The maximum Gasteiger partial charge on any atom is 0.402 e. The summed E-state index contributed by atoms with van der Waals surface area (Å²) in [5, 5.41) is 0. The van der Waals surface area contributed by atoms with Gasteiger partial charge in [0.1, 0.15) is 11.4 Å². The summed E-state index contributed by atoms with van der Waals surface area (Å²) in [6, 6.07) is -0.965. The van der Waals surface area contributed by atoms with Crippen molar-refractivity contribution in [3.8, 4) is 0 Å². The highest BCUT2D eigenvalue weighted by atomic mass is 16.5. The van der Waals surface area contributed by atoms with E-state index >= 15 is 0 Å². The number of ether oxygens (including phenoxy) is 2. The van der Waals surface area contributed by atoms with Gasteiger partial charge < -0.3 is 9.47 Å². The number of nitrogens with zero attached hydrogens (tertiary/aromatic N) is 5. The molecule has 0 aromatic carbocycles.